The first-order valence-electron chi connectivity index (χ1n) is 8.88. The zero-order valence-electron chi connectivity index (χ0n) is 15.9. The number of benzene rings is 3. The van der Waals surface area contributed by atoms with Crippen LogP contribution in [0.25, 0.3) is 0 Å². The van der Waals surface area contributed by atoms with E-state index in [0.717, 1.165) is 5.56 Å². The fraction of sp³-hybridized carbons (Fsp3) is 0.0909. The molecule has 2 N–H and O–H groups in total. The smallest absolute Gasteiger partial charge is 0.341 e. The summed E-state index contributed by atoms with van der Waals surface area (Å²) in [6.07, 6.45) is 0. The van der Waals surface area contributed by atoms with Crippen LogP contribution in [0.5, 0.6) is 5.75 Å². The van der Waals surface area contributed by atoms with Gasteiger partial charge in [0.15, 0.2) is 0 Å². The Morgan fingerprint density at radius 3 is 2.30 bits per heavy atom. The van der Waals surface area contributed by atoms with Crippen molar-refractivity contribution in [2.75, 3.05) is 17.7 Å². The van der Waals surface area contributed by atoms with Crippen LogP contribution in [0.3, 0.4) is 0 Å². The Balaban J connectivity index is 1.73. The Morgan fingerprint density at radius 2 is 1.60 bits per heavy atom. The number of carbonyl (C=O) groups excluding carboxylic acids is 2. The van der Waals surface area contributed by atoms with Crippen LogP contribution in [0, 0.1) is 0 Å². The molecule has 0 heterocycles. The minimum Gasteiger partial charge on any atom is -0.488 e. The Morgan fingerprint density at radius 1 is 0.867 bits per heavy atom. The lowest BCUT2D eigenvalue weighted by molar-refractivity contribution is 0.0595. The van der Waals surface area contributed by atoms with Gasteiger partial charge < -0.3 is 20.1 Å². The van der Waals surface area contributed by atoms with Crippen molar-refractivity contribution < 1.29 is 19.1 Å². The Bertz CT molecular complexity index is 1060. The zero-order chi connectivity index (χ0) is 21.5. The first kappa shape index (κ1) is 21.5. The molecule has 0 bridgehead atoms. The van der Waals surface area contributed by atoms with Gasteiger partial charge in [0.05, 0.1) is 17.2 Å². The van der Waals surface area contributed by atoms with E-state index in [2.05, 4.69) is 10.6 Å². The second-order valence-electron chi connectivity index (χ2n) is 6.18. The molecule has 0 aliphatic heterocycles. The third-order valence-corrected chi connectivity index (χ3v) is 4.79. The summed E-state index contributed by atoms with van der Waals surface area (Å²) in [6.45, 7) is 0.169. The first-order valence-corrected chi connectivity index (χ1v) is 9.64. The molecule has 0 spiro atoms. The maximum Gasteiger partial charge on any atom is 0.341 e. The van der Waals surface area contributed by atoms with E-state index in [0.29, 0.717) is 27.2 Å². The van der Waals surface area contributed by atoms with Crippen LogP contribution in [0.2, 0.25) is 10.0 Å². The molecule has 0 saturated carbocycles. The Hall–Kier alpha value is -3.22. The lowest BCUT2D eigenvalue weighted by atomic mass is 10.1. The van der Waals surface area contributed by atoms with Gasteiger partial charge in [0.1, 0.15) is 17.9 Å². The van der Waals surface area contributed by atoms with Gasteiger partial charge >= 0.3 is 12.0 Å². The number of carbonyl (C=O) groups is 2. The highest BCUT2D eigenvalue weighted by molar-refractivity contribution is 6.42. The molecule has 0 saturated heterocycles. The molecule has 0 aliphatic rings. The lowest BCUT2D eigenvalue weighted by Gasteiger charge is -2.13. The van der Waals surface area contributed by atoms with Crippen LogP contribution in [-0.2, 0) is 11.3 Å². The minimum absolute atomic E-state index is 0.169. The number of methoxy groups -OCH3 is 1. The third kappa shape index (κ3) is 5.65. The fourth-order valence-corrected chi connectivity index (χ4v) is 2.93. The number of hydrogen-bond acceptors (Lipinski definition) is 4. The zero-order valence-corrected chi connectivity index (χ0v) is 17.5. The first-order chi connectivity index (χ1) is 14.5. The maximum atomic E-state index is 12.2. The summed E-state index contributed by atoms with van der Waals surface area (Å²) in [4.78, 5) is 24.4. The second kappa shape index (κ2) is 10.0. The molecular weight excluding hydrogens is 427 g/mol. The number of esters is 1. The highest BCUT2D eigenvalue weighted by Gasteiger charge is 2.16. The molecule has 8 heteroatoms. The molecule has 2 amide bonds. The van der Waals surface area contributed by atoms with Crippen molar-refractivity contribution in [2.45, 2.75) is 6.61 Å². The predicted molar refractivity (Wildman–Crippen MR) is 118 cm³/mol. The molecule has 6 nitrogen and oxygen atoms in total. The monoisotopic (exact) mass is 444 g/mol. The number of urea groups is 1. The molecule has 0 aromatic heterocycles. The van der Waals surface area contributed by atoms with E-state index in [1.54, 1.807) is 42.5 Å². The van der Waals surface area contributed by atoms with Gasteiger partial charge in [0.2, 0.25) is 0 Å². The number of anilines is 2. The molecule has 0 aliphatic carbocycles. The molecule has 30 heavy (non-hydrogen) atoms. The topological polar surface area (TPSA) is 76.7 Å². The number of nitrogens with one attached hydrogen (secondary N) is 2. The van der Waals surface area contributed by atoms with Crippen LogP contribution >= 0.6 is 23.2 Å². The van der Waals surface area contributed by atoms with Crippen LogP contribution in [0.4, 0.5) is 16.2 Å². The average molecular weight is 445 g/mol. The normalized spacial score (nSPS) is 10.2. The molecule has 0 unspecified atom stereocenters. The van der Waals surface area contributed by atoms with Crippen molar-refractivity contribution in [3.8, 4) is 5.75 Å². The summed E-state index contributed by atoms with van der Waals surface area (Å²) < 4.78 is 10.6. The maximum absolute atomic E-state index is 12.2. The van der Waals surface area contributed by atoms with Crippen molar-refractivity contribution in [1.82, 2.24) is 0 Å². The predicted octanol–water partition coefficient (Wildman–Crippen LogP) is 6.00. The summed E-state index contributed by atoms with van der Waals surface area (Å²) in [5, 5.41) is 6.24. The van der Waals surface area contributed by atoms with E-state index in [-0.39, 0.29) is 12.2 Å². The highest BCUT2D eigenvalue weighted by Crippen LogP contribution is 2.27. The quantitative estimate of drug-likeness (QED) is 0.456. The summed E-state index contributed by atoms with van der Waals surface area (Å²) in [6, 6.07) is 18.4. The van der Waals surface area contributed by atoms with E-state index in [1.165, 1.54) is 13.2 Å². The standard InChI is InChI=1S/C22H18Cl2N2O4/c1-29-21(27)17-12-16(26-22(28)25-15-5-3-2-4-6-15)8-10-20(17)30-13-14-7-9-18(23)19(24)11-14/h2-12H,13H2,1H3,(H2,25,26,28). The van der Waals surface area contributed by atoms with Gasteiger partial charge in [-0.1, -0.05) is 47.5 Å². The second-order valence-corrected chi connectivity index (χ2v) is 7.00. The van der Waals surface area contributed by atoms with E-state index < -0.39 is 12.0 Å². The van der Waals surface area contributed by atoms with E-state index >= 15 is 0 Å². The number of ether oxygens (including phenoxy) is 2. The summed E-state index contributed by atoms with van der Waals surface area (Å²) in [5.41, 5.74) is 2.01. The van der Waals surface area contributed by atoms with Crippen molar-refractivity contribution in [2.24, 2.45) is 0 Å². The van der Waals surface area contributed by atoms with Gasteiger partial charge in [-0.2, -0.15) is 0 Å². The number of para-hydroxylation sites is 1. The summed E-state index contributed by atoms with van der Waals surface area (Å²) >= 11 is 11.9. The molecule has 0 fully saturated rings. The van der Waals surface area contributed by atoms with Gasteiger partial charge in [-0.25, -0.2) is 9.59 Å². The van der Waals surface area contributed by atoms with E-state index in [9.17, 15) is 9.59 Å². The van der Waals surface area contributed by atoms with E-state index in [1.807, 2.05) is 18.2 Å². The molecule has 3 rings (SSSR count). The number of amides is 2. The van der Waals surface area contributed by atoms with Crippen LogP contribution in [0.1, 0.15) is 15.9 Å². The van der Waals surface area contributed by atoms with Crippen LogP contribution in [-0.4, -0.2) is 19.1 Å². The molecule has 3 aromatic carbocycles. The third-order valence-electron chi connectivity index (χ3n) is 4.05. The lowest BCUT2D eigenvalue weighted by Crippen LogP contribution is -2.19. The summed E-state index contributed by atoms with van der Waals surface area (Å²) in [7, 11) is 1.27. The van der Waals surface area contributed by atoms with Gasteiger partial charge in [0, 0.05) is 11.4 Å². The Labute approximate surface area is 183 Å². The summed E-state index contributed by atoms with van der Waals surface area (Å²) in [5.74, 6) is -0.284. The average Bonchev–Trinajstić information content (AvgIpc) is 2.75. The van der Waals surface area contributed by atoms with Crippen molar-refractivity contribution in [1.29, 1.82) is 0 Å². The molecular formula is C22H18Cl2N2O4. The van der Waals surface area contributed by atoms with Crippen molar-refractivity contribution >= 4 is 46.6 Å². The Kier molecular flexibility index (Phi) is 7.17. The van der Waals surface area contributed by atoms with Crippen molar-refractivity contribution in [3.05, 3.63) is 87.9 Å². The van der Waals surface area contributed by atoms with Crippen LogP contribution in [0.15, 0.2) is 66.7 Å². The molecule has 3 aromatic rings. The largest absolute Gasteiger partial charge is 0.488 e. The molecule has 0 atom stereocenters. The fourth-order valence-electron chi connectivity index (χ4n) is 2.61. The highest BCUT2D eigenvalue weighted by atomic mass is 35.5. The molecule has 154 valence electrons. The van der Waals surface area contributed by atoms with Gasteiger partial charge in [-0.15, -0.1) is 0 Å². The van der Waals surface area contributed by atoms with Crippen LogP contribution < -0.4 is 15.4 Å². The number of rotatable bonds is 6. The van der Waals surface area contributed by atoms with Crippen molar-refractivity contribution in [3.63, 3.8) is 0 Å². The van der Waals surface area contributed by atoms with E-state index in [4.69, 9.17) is 32.7 Å². The van der Waals surface area contributed by atoms with Gasteiger partial charge in [-0.05, 0) is 48.0 Å². The SMILES string of the molecule is COC(=O)c1cc(NC(=O)Nc2ccccc2)ccc1OCc1ccc(Cl)c(Cl)c1. The minimum atomic E-state index is -0.591. The molecule has 0 radical (unpaired) electrons. The van der Waals surface area contributed by atoms with Gasteiger partial charge in [-0.3, -0.25) is 0 Å². The number of halogens is 2. The van der Waals surface area contributed by atoms with Gasteiger partial charge in [0.25, 0.3) is 0 Å². The number of hydrogen-bond donors (Lipinski definition) is 2.